The summed E-state index contributed by atoms with van der Waals surface area (Å²) in [5, 5.41) is 11.0. The molecule has 0 heterocycles. The maximum absolute atomic E-state index is 2.35. The van der Waals surface area contributed by atoms with E-state index in [1.54, 1.807) is 23.3 Å². The predicted octanol–water partition coefficient (Wildman–Crippen LogP) is 10.1. The van der Waals surface area contributed by atoms with Gasteiger partial charge in [-0.15, -0.1) is 56.9 Å². The molecule has 0 aliphatic rings. The van der Waals surface area contributed by atoms with Gasteiger partial charge in [0.25, 0.3) is 0 Å². The Bertz CT molecular complexity index is 1480. The van der Waals surface area contributed by atoms with Crippen LogP contribution in [0.15, 0.2) is 97.1 Å². The van der Waals surface area contributed by atoms with E-state index in [4.69, 9.17) is 0 Å². The minimum absolute atomic E-state index is 0.210. The number of aryl methyl sites for hydroxylation is 2. The summed E-state index contributed by atoms with van der Waals surface area (Å²) in [5.41, 5.74) is 3.14. The predicted molar refractivity (Wildman–Crippen MR) is 160 cm³/mol. The van der Waals surface area contributed by atoms with E-state index in [0.717, 1.165) is 0 Å². The van der Waals surface area contributed by atoms with Gasteiger partial charge < -0.3 is 0 Å². The standard InChI is InChI=1S/2C16H15.C2H6Si.Zr/c2*1-2-5-12-10-14-9-8-13-6-3-4-7-15(13)16(14)11-12;1-3-2;/h2*3-4,6-11H,2,5H2,1H3;1-2H3;/q2*-1;;+2. The molecule has 36 heavy (non-hydrogen) atoms. The van der Waals surface area contributed by atoms with Gasteiger partial charge in [-0.05, 0) is 12.8 Å². The molecule has 180 valence electrons. The van der Waals surface area contributed by atoms with Crippen molar-refractivity contribution in [1.29, 1.82) is 0 Å². The summed E-state index contributed by atoms with van der Waals surface area (Å²) < 4.78 is 0. The Hall–Kier alpha value is -2.28. The molecule has 0 nitrogen and oxygen atoms in total. The van der Waals surface area contributed by atoms with E-state index < -0.39 is 0 Å². The second-order valence-corrected chi connectivity index (χ2v) is 19.2. The van der Waals surface area contributed by atoms with E-state index >= 15 is 0 Å². The number of rotatable bonds is 4. The van der Waals surface area contributed by atoms with Crippen molar-refractivity contribution in [2.24, 2.45) is 0 Å². The number of fused-ring (bicyclic) bond motifs is 6. The zero-order chi connectivity index (χ0) is 25.5. The van der Waals surface area contributed by atoms with Crippen molar-refractivity contribution in [3.63, 3.8) is 0 Å². The van der Waals surface area contributed by atoms with Crippen LogP contribution in [0, 0.1) is 0 Å². The molecule has 6 rings (SSSR count). The summed E-state index contributed by atoms with van der Waals surface area (Å²) in [6.45, 7) is 9.08. The topological polar surface area (TPSA) is 0 Å². The molecule has 0 bridgehead atoms. The molecule has 6 aromatic carbocycles. The minimum atomic E-state index is 0.210. The van der Waals surface area contributed by atoms with Crippen LogP contribution in [0.25, 0.3) is 43.1 Å². The number of benzene rings is 4. The maximum atomic E-state index is 2.35. The summed E-state index contributed by atoms with van der Waals surface area (Å²) >= 11 is 1.74. The van der Waals surface area contributed by atoms with Gasteiger partial charge in [0.05, 0.1) is 0 Å². The first-order valence-corrected chi connectivity index (χ1v) is 19.3. The summed E-state index contributed by atoms with van der Waals surface area (Å²) in [7, 11) is 0. The average molecular weight is 564 g/mol. The third kappa shape index (κ3) is 6.53. The Kier molecular flexibility index (Phi) is 9.52. The fraction of sp³-hybridized carbons (Fsp3) is 0.235. The fourth-order valence-electron chi connectivity index (χ4n) is 4.92. The molecule has 0 aromatic heterocycles. The monoisotopic (exact) mass is 562 g/mol. The van der Waals surface area contributed by atoms with E-state index in [1.165, 1.54) is 79.9 Å². The van der Waals surface area contributed by atoms with Gasteiger partial charge in [0.2, 0.25) is 0 Å². The van der Waals surface area contributed by atoms with Crippen molar-refractivity contribution in [2.45, 2.75) is 52.6 Å². The van der Waals surface area contributed by atoms with Crippen molar-refractivity contribution >= 4 is 48.5 Å². The van der Waals surface area contributed by atoms with Crippen LogP contribution in [-0.2, 0) is 36.2 Å². The molecule has 0 saturated carbocycles. The first-order chi connectivity index (χ1) is 17.5. The van der Waals surface area contributed by atoms with Gasteiger partial charge in [-0.2, -0.15) is 12.1 Å². The van der Waals surface area contributed by atoms with Crippen LogP contribution in [0.1, 0.15) is 37.8 Å². The number of hydrogen-bond donors (Lipinski definition) is 0. The van der Waals surface area contributed by atoms with Gasteiger partial charge in [-0.1, -0.05) is 109 Å². The van der Waals surface area contributed by atoms with E-state index in [0.29, 0.717) is 0 Å². The van der Waals surface area contributed by atoms with Crippen molar-refractivity contribution in [3.8, 4) is 0 Å². The normalized spacial score (nSPS) is 10.8. The third-order valence-corrected chi connectivity index (χ3v) is 6.43. The van der Waals surface area contributed by atoms with Gasteiger partial charge in [-0.25, -0.2) is 0 Å². The Labute approximate surface area is 231 Å². The molecule has 6 aromatic rings. The molecule has 0 saturated heterocycles. The van der Waals surface area contributed by atoms with Crippen LogP contribution in [0.3, 0.4) is 0 Å². The van der Waals surface area contributed by atoms with Crippen LogP contribution in [0.5, 0.6) is 0 Å². The second kappa shape index (κ2) is 12.8. The Balaban J connectivity index is 0.000000148. The van der Waals surface area contributed by atoms with E-state index in [-0.39, 0.29) is 5.43 Å². The first-order valence-electron chi connectivity index (χ1n) is 13.2. The first kappa shape index (κ1) is 26.8. The van der Waals surface area contributed by atoms with Crippen LogP contribution in [0.4, 0.5) is 0 Å². The average Bonchev–Trinajstić information content (AvgIpc) is 3.48. The Morgan fingerprint density at radius 2 is 0.944 bits per heavy atom. The number of hydrogen-bond acceptors (Lipinski definition) is 0. The molecule has 0 spiro atoms. The van der Waals surface area contributed by atoms with Crippen molar-refractivity contribution in [2.75, 3.05) is 0 Å². The van der Waals surface area contributed by atoms with E-state index in [9.17, 15) is 0 Å². The van der Waals surface area contributed by atoms with Crippen LogP contribution < -0.4 is 0 Å². The van der Waals surface area contributed by atoms with Crippen molar-refractivity contribution in [1.82, 2.24) is 0 Å². The molecule has 0 N–H and O–H groups in total. The fourth-order valence-corrected chi connectivity index (χ4v) is 4.92. The SMILES string of the molecule is CCCc1cc2ccc3ccccc3c2[cH-]1.CCCc1cc2ccc3ccccc3c2[cH-]1.C[Si](C)=[Zr+2]. The molecule has 0 atom stereocenters. The summed E-state index contributed by atoms with van der Waals surface area (Å²) in [4.78, 5) is 0. The molecule has 0 unspecified atom stereocenters. The second-order valence-electron chi connectivity index (χ2n) is 9.81. The van der Waals surface area contributed by atoms with E-state index in [1.807, 2.05) is 0 Å². The van der Waals surface area contributed by atoms with Gasteiger partial charge in [-0.3, -0.25) is 0 Å². The molecule has 0 aliphatic carbocycles. The zero-order valence-corrected chi connectivity index (χ0v) is 25.5. The summed E-state index contributed by atoms with van der Waals surface area (Å²) in [5.74, 6) is 0. The van der Waals surface area contributed by atoms with Gasteiger partial charge >= 0.3 is 41.9 Å². The Morgan fingerprint density at radius 3 is 1.33 bits per heavy atom. The van der Waals surface area contributed by atoms with Crippen LogP contribution >= 0.6 is 0 Å². The van der Waals surface area contributed by atoms with Gasteiger partial charge in [0.15, 0.2) is 0 Å². The van der Waals surface area contributed by atoms with Crippen LogP contribution in [0.2, 0.25) is 13.1 Å². The quantitative estimate of drug-likeness (QED) is 0.148. The van der Waals surface area contributed by atoms with Crippen molar-refractivity contribution < 1.29 is 23.3 Å². The van der Waals surface area contributed by atoms with Crippen LogP contribution in [-0.4, -0.2) is 5.43 Å². The molecule has 0 aliphatic heterocycles. The molecule has 0 fully saturated rings. The van der Waals surface area contributed by atoms with Crippen molar-refractivity contribution in [3.05, 3.63) is 108 Å². The van der Waals surface area contributed by atoms with Gasteiger partial charge in [0, 0.05) is 0 Å². The molecular formula is C34H36SiZr. The Morgan fingerprint density at radius 1 is 0.583 bits per heavy atom. The third-order valence-electron chi connectivity index (χ3n) is 6.43. The molecule has 2 heteroatoms. The van der Waals surface area contributed by atoms with E-state index in [2.05, 4.69) is 124 Å². The zero-order valence-electron chi connectivity index (χ0n) is 22.1. The molecule has 0 radical (unpaired) electrons. The summed E-state index contributed by atoms with van der Waals surface area (Å²) in [6.07, 6.45) is 4.80. The molecular weight excluding hydrogens is 528 g/mol. The van der Waals surface area contributed by atoms with Gasteiger partial charge in [0.1, 0.15) is 0 Å². The summed E-state index contributed by atoms with van der Waals surface area (Å²) in [6, 6.07) is 35.5. The molecule has 0 amide bonds.